The second-order valence-electron chi connectivity index (χ2n) is 8.72. The van der Waals surface area contributed by atoms with E-state index in [-0.39, 0.29) is 17.1 Å². The number of aromatic nitrogens is 3. The lowest BCUT2D eigenvalue weighted by molar-refractivity contribution is -0.140. The van der Waals surface area contributed by atoms with Crippen LogP contribution in [0.25, 0.3) is 22.2 Å². The van der Waals surface area contributed by atoms with Gasteiger partial charge in [0.25, 0.3) is 0 Å². The molecule has 36 heavy (non-hydrogen) atoms. The summed E-state index contributed by atoms with van der Waals surface area (Å²) in [5.74, 6) is -4.63. The van der Waals surface area contributed by atoms with Gasteiger partial charge in [-0.05, 0) is 18.1 Å². The van der Waals surface area contributed by atoms with Crippen LogP contribution in [0.15, 0.2) is 48.7 Å². The maximum atomic E-state index is 14.7. The van der Waals surface area contributed by atoms with Crippen molar-refractivity contribution in [3.05, 3.63) is 71.4 Å². The van der Waals surface area contributed by atoms with Crippen LogP contribution in [0, 0.1) is 11.6 Å². The van der Waals surface area contributed by atoms with Crippen molar-refractivity contribution in [2.24, 2.45) is 7.05 Å². The summed E-state index contributed by atoms with van der Waals surface area (Å²) in [5, 5.41) is 17.6. The van der Waals surface area contributed by atoms with Crippen molar-refractivity contribution in [2.75, 3.05) is 24.5 Å². The number of pyridine rings is 1. The van der Waals surface area contributed by atoms with Gasteiger partial charge in [-0.3, -0.25) is 4.68 Å². The van der Waals surface area contributed by atoms with E-state index in [0.717, 1.165) is 19.5 Å². The number of piperazine rings is 1. The van der Waals surface area contributed by atoms with Crippen LogP contribution >= 0.6 is 0 Å². The van der Waals surface area contributed by atoms with E-state index in [9.17, 15) is 27.1 Å². The number of rotatable bonds is 4. The maximum absolute atomic E-state index is 14.7. The molecule has 2 aromatic heterocycles. The van der Waals surface area contributed by atoms with Crippen molar-refractivity contribution < 1.29 is 27.1 Å². The van der Waals surface area contributed by atoms with Gasteiger partial charge in [0.1, 0.15) is 11.5 Å². The van der Waals surface area contributed by atoms with Gasteiger partial charge < -0.3 is 15.3 Å². The molecule has 0 radical (unpaired) electrons. The lowest BCUT2D eigenvalue weighted by Crippen LogP contribution is -2.52. The molecule has 0 amide bonds. The molecule has 11 heteroatoms. The molecule has 0 bridgehead atoms. The zero-order valence-electron chi connectivity index (χ0n) is 19.2. The minimum Gasteiger partial charge on any atom is -0.503 e. The predicted octanol–water partition coefficient (Wildman–Crippen LogP) is 4.66. The number of aryl methyl sites for hydroxylation is 1. The minimum atomic E-state index is -5.13. The van der Waals surface area contributed by atoms with Crippen LogP contribution < -0.4 is 10.2 Å². The Balaban J connectivity index is 1.56. The molecule has 188 valence electrons. The highest BCUT2D eigenvalue weighted by atomic mass is 19.4. The molecular formula is C25H22F5N5O. The van der Waals surface area contributed by atoms with Gasteiger partial charge in [-0.1, -0.05) is 30.3 Å². The first kappa shape index (κ1) is 24.0. The summed E-state index contributed by atoms with van der Waals surface area (Å²) in [6.07, 6.45) is -2.93. The first-order valence-corrected chi connectivity index (χ1v) is 11.3. The second-order valence-corrected chi connectivity index (χ2v) is 8.72. The monoisotopic (exact) mass is 503 g/mol. The number of benzene rings is 2. The highest BCUT2D eigenvalue weighted by molar-refractivity contribution is 5.94. The number of nitrogens with zero attached hydrogens (tertiary/aromatic N) is 4. The Bertz CT molecular complexity index is 1420. The number of fused-ring (bicyclic) bond motifs is 1. The van der Waals surface area contributed by atoms with Gasteiger partial charge in [0.2, 0.25) is 0 Å². The second kappa shape index (κ2) is 9.05. The number of nitrogens with one attached hydrogen (secondary N) is 1. The molecule has 0 aliphatic carbocycles. The number of aromatic hydroxyl groups is 1. The van der Waals surface area contributed by atoms with Gasteiger partial charge in [0.05, 0.1) is 11.1 Å². The molecule has 1 saturated heterocycles. The fourth-order valence-electron chi connectivity index (χ4n) is 4.63. The number of phenolic OH excluding ortho intramolecular Hbond substituents is 1. The molecule has 3 heterocycles. The van der Waals surface area contributed by atoms with Gasteiger partial charge >= 0.3 is 6.18 Å². The van der Waals surface area contributed by atoms with E-state index in [4.69, 9.17) is 0 Å². The van der Waals surface area contributed by atoms with Gasteiger partial charge in [-0.25, -0.2) is 13.8 Å². The Morgan fingerprint density at radius 3 is 2.58 bits per heavy atom. The molecule has 0 saturated carbocycles. The van der Waals surface area contributed by atoms with Crippen LogP contribution in [0.1, 0.15) is 11.1 Å². The zero-order chi connectivity index (χ0) is 25.6. The summed E-state index contributed by atoms with van der Waals surface area (Å²) in [6.45, 7) is 2.18. The van der Waals surface area contributed by atoms with Crippen LogP contribution in [0.5, 0.6) is 5.75 Å². The highest BCUT2D eigenvalue weighted by Crippen LogP contribution is 2.41. The van der Waals surface area contributed by atoms with Gasteiger partial charge in [-0.2, -0.15) is 18.3 Å². The summed E-state index contributed by atoms with van der Waals surface area (Å²) < 4.78 is 70.0. The van der Waals surface area contributed by atoms with Crippen LogP contribution in [0.4, 0.5) is 27.8 Å². The Kier molecular flexibility index (Phi) is 6.03. The lowest BCUT2D eigenvalue weighted by atomic mass is 10.0. The molecule has 1 aliphatic rings. The normalized spacial score (nSPS) is 16.6. The molecule has 1 atom stereocenters. The topological polar surface area (TPSA) is 66.2 Å². The Labute approximate surface area is 203 Å². The molecule has 1 aliphatic heterocycles. The number of phenols is 1. The molecule has 0 unspecified atom stereocenters. The standard InChI is InChI=1S/C25H22F5N5O/c1-34-19-11-20(35-8-7-31-12-15(35)9-14-5-3-2-4-6-14)32-13-17(19)23(33-34)16-10-18(25(28,29)30)22(27)24(36)21(16)26/h2-6,10-11,13,15,31,36H,7-9,12H2,1H3/t15-/m1/s1. The van der Waals surface area contributed by atoms with E-state index in [1.54, 1.807) is 13.1 Å². The summed E-state index contributed by atoms with van der Waals surface area (Å²) in [4.78, 5) is 6.68. The third kappa shape index (κ3) is 4.23. The molecule has 1 fully saturated rings. The Morgan fingerprint density at radius 1 is 1.11 bits per heavy atom. The van der Waals surface area contributed by atoms with Crippen LogP contribution in [0.2, 0.25) is 0 Å². The van der Waals surface area contributed by atoms with Crippen molar-refractivity contribution >= 4 is 16.7 Å². The van der Waals surface area contributed by atoms with Crippen molar-refractivity contribution in [3.8, 4) is 17.0 Å². The summed E-state index contributed by atoms with van der Waals surface area (Å²) >= 11 is 0. The quantitative estimate of drug-likeness (QED) is 0.397. The van der Waals surface area contributed by atoms with E-state index in [2.05, 4.69) is 32.4 Å². The van der Waals surface area contributed by atoms with Gasteiger partial charge in [0.15, 0.2) is 17.4 Å². The number of hydrogen-bond donors (Lipinski definition) is 2. The third-order valence-corrected chi connectivity index (χ3v) is 6.42. The number of halogens is 5. The van der Waals surface area contributed by atoms with Crippen molar-refractivity contribution in [2.45, 2.75) is 18.6 Å². The zero-order valence-corrected chi connectivity index (χ0v) is 19.2. The highest BCUT2D eigenvalue weighted by Gasteiger charge is 2.38. The number of anilines is 1. The average Bonchev–Trinajstić information content (AvgIpc) is 3.18. The summed E-state index contributed by atoms with van der Waals surface area (Å²) in [7, 11) is 1.57. The van der Waals surface area contributed by atoms with Crippen LogP contribution in [-0.4, -0.2) is 45.5 Å². The molecule has 6 nitrogen and oxygen atoms in total. The van der Waals surface area contributed by atoms with Gasteiger partial charge in [-0.15, -0.1) is 0 Å². The molecular weight excluding hydrogens is 481 g/mol. The lowest BCUT2D eigenvalue weighted by Gasteiger charge is -2.37. The molecule has 0 spiro atoms. The molecule has 5 rings (SSSR count). The van der Waals surface area contributed by atoms with E-state index in [1.165, 1.54) is 16.4 Å². The molecule has 2 N–H and O–H groups in total. The van der Waals surface area contributed by atoms with E-state index in [1.807, 2.05) is 18.2 Å². The predicted molar refractivity (Wildman–Crippen MR) is 125 cm³/mol. The number of hydrogen-bond acceptors (Lipinski definition) is 5. The molecule has 2 aromatic carbocycles. The fraction of sp³-hybridized carbons (Fsp3) is 0.280. The Morgan fingerprint density at radius 2 is 1.86 bits per heavy atom. The SMILES string of the molecule is Cn1nc(-c2cc(C(F)(F)F)c(F)c(O)c2F)c2cnc(N3CCNC[C@H]3Cc3ccccc3)cc21. The number of alkyl halides is 3. The minimum absolute atomic E-state index is 0.111. The average molecular weight is 503 g/mol. The fourth-order valence-corrected chi connectivity index (χ4v) is 4.63. The Hall–Kier alpha value is -3.73. The summed E-state index contributed by atoms with van der Waals surface area (Å²) in [5.41, 5.74) is -0.934. The van der Waals surface area contributed by atoms with E-state index in [0.29, 0.717) is 23.9 Å². The molecule has 4 aromatic rings. The van der Waals surface area contributed by atoms with E-state index >= 15 is 0 Å². The van der Waals surface area contributed by atoms with Crippen LogP contribution in [-0.2, 0) is 19.6 Å². The van der Waals surface area contributed by atoms with E-state index < -0.39 is 34.7 Å². The van der Waals surface area contributed by atoms with Crippen molar-refractivity contribution in [1.82, 2.24) is 20.1 Å². The first-order chi connectivity index (χ1) is 17.1. The third-order valence-electron chi connectivity index (χ3n) is 6.42. The largest absolute Gasteiger partial charge is 0.503 e. The first-order valence-electron chi connectivity index (χ1n) is 11.3. The maximum Gasteiger partial charge on any atom is 0.419 e. The van der Waals surface area contributed by atoms with Crippen molar-refractivity contribution in [1.29, 1.82) is 0 Å². The smallest absolute Gasteiger partial charge is 0.419 e. The van der Waals surface area contributed by atoms with Gasteiger partial charge in [0, 0.05) is 55.9 Å². The summed E-state index contributed by atoms with van der Waals surface area (Å²) in [6, 6.07) is 12.2. The van der Waals surface area contributed by atoms with Crippen molar-refractivity contribution in [3.63, 3.8) is 0 Å². The van der Waals surface area contributed by atoms with Crippen LogP contribution in [0.3, 0.4) is 0 Å².